The van der Waals surface area contributed by atoms with Crippen LogP contribution >= 0.6 is 0 Å². The van der Waals surface area contributed by atoms with E-state index in [0.717, 1.165) is 0 Å². The van der Waals surface area contributed by atoms with E-state index in [4.69, 9.17) is 9.47 Å². The SMILES string of the molecule is C=C(C(=C)C(=O)OC(C)C)C(=O)OC(C)C. The van der Waals surface area contributed by atoms with Gasteiger partial charge in [-0.25, -0.2) is 9.59 Å². The molecule has 0 aromatic heterocycles. The first kappa shape index (κ1) is 14.4. The van der Waals surface area contributed by atoms with Crippen LogP contribution in [0.5, 0.6) is 0 Å². The summed E-state index contributed by atoms with van der Waals surface area (Å²) in [5.41, 5.74) is -0.140. The van der Waals surface area contributed by atoms with Crippen LogP contribution < -0.4 is 0 Å². The zero-order chi connectivity index (χ0) is 12.9. The Morgan fingerprint density at radius 3 is 1.25 bits per heavy atom. The smallest absolute Gasteiger partial charge is 0.338 e. The van der Waals surface area contributed by atoms with Crippen molar-refractivity contribution in [2.75, 3.05) is 0 Å². The van der Waals surface area contributed by atoms with Crippen molar-refractivity contribution in [3.8, 4) is 0 Å². The van der Waals surface area contributed by atoms with Gasteiger partial charge in [-0.1, -0.05) is 13.2 Å². The number of esters is 2. The summed E-state index contributed by atoms with van der Waals surface area (Å²) < 4.78 is 9.76. The third kappa shape index (κ3) is 4.77. The Morgan fingerprint density at radius 2 is 1.06 bits per heavy atom. The van der Waals surface area contributed by atoms with Crippen molar-refractivity contribution in [1.82, 2.24) is 0 Å². The lowest BCUT2D eigenvalue weighted by atomic mass is 10.1. The van der Waals surface area contributed by atoms with Crippen LogP contribution in [0.25, 0.3) is 0 Å². The molecule has 0 atom stereocenters. The highest BCUT2D eigenvalue weighted by atomic mass is 16.5. The maximum absolute atomic E-state index is 11.4. The molecule has 0 amide bonds. The Balaban J connectivity index is 4.44. The van der Waals surface area contributed by atoms with Crippen LogP contribution in [0.4, 0.5) is 0 Å². The molecule has 0 aromatic carbocycles. The number of rotatable bonds is 5. The largest absolute Gasteiger partial charge is 0.459 e. The predicted octanol–water partition coefficient (Wildman–Crippen LogP) is 2.00. The molecule has 0 fully saturated rings. The molecule has 0 heterocycles. The van der Waals surface area contributed by atoms with E-state index in [0.29, 0.717) is 0 Å². The molecule has 0 aromatic rings. The lowest BCUT2D eigenvalue weighted by Gasteiger charge is -2.12. The highest BCUT2D eigenvalue weighted by Gasteiger charge is 2.20. The van der Waals surface area contributed by atoms with Crippen molar-refractivity contribution in [3.05, 3.63) is 24.3 Å². The number of hydrogen-bond acceptors (Lipinski definition) is 4. The molecule has 0 bridgehead atoms. The van der Waals surface area contributed by atoms with Gasteiger partial charge in [0.2, 0.25) is 0 Å². The highest BCUT2D eigenvalue weighted by molar-refractivity contribution is 6.06. The minimum Gasteiger partial charge on any atom is -0.459 e. The van der Waals surface area contributed by atoms with Gasteiger partial charge < -0.3 is 9.47 Å². The standard InChI is InChI=1S/C12H18O4/c1-7(2)15-11(13)9(5)10(6)12(14)16-8(3)4/h7-8H,5-6H2,1-4H3. The number of ether oxygens (including phenoxy) is 2. The fourth-order valence-corrected chi connectivity index (χ4v) is 0.817. The predicted molar refractivity (Wildman–Crippen MR) is 60.7 cm³/mol. The first-order valence-corrected chi connectivity index (χ1v) is 5.05. The molecule has 0 aliphatic carbocycles. The van der Waals surface area contributed by atoms with Crippen LogP contribution in [0.3, 0.4) is 0 Å². The van der Waals surface area contributed by atoms with E-state index in [9.17, 15) is 9.59 Å². The van der Waals surface area contributed by atoms with Gasteiger partial charge in [-0.2, -0.15) is 0 Å². The number of carbonyl (C=O) groups is 2. The first-order chi connectivity index (χ1) is 7.25. The fraction of sp³-hybridized carbons (Fsp3) is 0.500. The van der Waals surface area contributed by atoms with E-state index in [1.165, 1.54) is 0 Å². The Kier molecular flexibility index (Phi) is 5.50. The Hall–Kier alpha value is -1.58. The lowest BCUT2D eigenvalue weighted by Crippen LogP contribution is -2.20. The summed E-state index contributed by atoms with van der Waals surface area (Å²) in [6, 6.07) is 0. The molecular formula is C12H18O4. The van der Waals surface area contributed by atoms with E-state index in [1.807, 2.05) is 0 Å². The second kappa shape index (κ2) is 6.10. The molecule has 0 aliphatic heterocycles. The van der Waals surface area contributed by atoms with Gasteiger partial charge in [0.15, 0.2) is 0 Å². The van der Waals surface area contributed by atoms with Gasteiger partial charge in [0.05, 0.1) is 23.4 Å². The van der Waals surface area contributed by atoms with Gasteiger partial charge in [0.1, 0.15) is 0 Å². The van der Waals surface area contributed by atoms with Crippen molar-refractivity contribution in [2.45, 2.75) is 39.9 Å². The van der Waals surface area contributed by atoms with Crippen LogP contribution in [0, 0.1) is 0 Å². The van der Waals surface area contributed by atoms with E-state index < -0.39 is 11.9 Å². The Bertz CT molecular complexity index is 281. The zero-order valence-electron chi connectivity index (χ0n) is 10.2. The summed E-state index contributed by atoms with van der Waals surface area (Å²) in [5, 5.41) is 0. The van der Waals surface area contributed by atoms with Crippen molar-refractivity contribution in [3.63, 3.8) is 0 Å². The Morgan fingerprint density at radius 1 is 0.812 bits per heavy atom. The molecule has 0 N–H and O–H groups in total. The molecule has 4 nitrogen and oxygen atoms in total. The van der Waals surface area contributed by atoms with Crippen molar-refractivity contribution >= 4 is 11.9 Å². The molecule has 0 spiro atoms. The molecule has 90 valence electrons. The zero-order valence-corrected chi connectivity index (χ0v) is 10.2. The van der Waals surface area contributed by atoms with E-state index in [-0.39, 0.29) is 23.4 Å². The molecule has 0 aliphatic rings. The molecule has 16 heavy (non-hydrogen) atoms. The molecular weight excluding hydrogens is 208 g/mol. The summed E-state index contributed by atoms with van der Waals surface area (Å²) in [5.74, 6) is -1.30. The monoisotopic (exact) mass is 226 g/mol. The number of carbonyl (C=O) groups excluding carboxylic acids is 2. The molecule has 0 saturated carbocycles. The van der Waals surface area contributed by atoms with E-state index in [1.54, 1.807) is 27.7 Å². The number of hydrogen-bond donors (Lipinski definition) is 0. The van der Waals surface area contributed by atoms with Crippen LogP contribution in [-0.4, -0.2) is 24.1 Å². The summed E-state index contributed by atoms with van der Waals surface area (Å²) in [7, 11) is 0. The third-order valence-electron chi connectivity index (χ3n) is 1.54. The molecule has 0 unspecified atom stereocenters. The quantitative estimate of drug-likeness (QED) is 0.409. The van der Waals surface area contributed by atoms with Crippen LogP contribution in [0.1, 0.15) is 27.7 Å². The van der Waals surface area contributed by atoms with Crippen molar-refractivity contribution in [1.29, 1.82) is 0 Å². The van der Waals surface area contributed by atoms with Crippen LogP contribution in [0.15, 0.2) is 24.3 Å². The average molecular weight is 226 g/mol. The second-order valence-electron chi connectivity index (χ2n) is 3.87. The lowest BCUT2D eigenvalue weighted by molar-refractivity contribution is -0.146. The minimum absolute atomic E-state index is 0.0700. The van der Waals surface area contributed by atoms with E-state index >= 15 is 0 Å². The average Bonchev–Trinajstić information content (AvgIpc) is 2.13. The fourth-order valence-electron chi connectivity index (χ4n) is 0.817. The maximum Gasteiger partial charge on any atom is 0.338 e. The van der Waals surface area contributed by atoms with Crippen LogP contribution in [0.2, 0.25) is 0 Å². The van der Waals surface area contributed by atoms with Gasteiger partial charge in [0.25, 0.3) is 0 Å². The van der Waals surface area contributed by atoms with Crippen molar-refractivity contribution in [2.24, 2.45) is 0 Å². The van der Waals surface area contributed by atoms with Gasteiger partial charge in [-0.3, -0.25) is 0 Å². The molecule has 0 radical (unpaired) electrons. The topological polar surface area (TPSA) is 52.6 Å². The summed E-state index contributed by atoms with van der Waals surface area (Å²) >= 11 is 0. The van der Waals surface area contributed by atoms with Crippen LogP contribution in [-0.2, 0) is 19.1 Å². The van der Waals surface area contributed by atoms with Gasteiger partial charge in [0, 0.05) is 0 Å². The maximum atomic E-state index is 11.4. The second-order valence-corrected chi connectivity index (χ2v) is 3.87. The molecule has 0 saturated heterocycles. The molecule has 4 heteroatoms. The Labute approximate surface area is 95.9 Å². The highest BCUT2D eigenvalue weighted by Crippen LogP contribution is 2.11. The molecule has 0 rings (SSSR count). The third-order valence-corrected chi connectivity index (χ3v) is 1.54. The van der Waals surface area contributed by atoms with E-state index in [2.05, 4.69) is 13.2 Å². The normalized spacial score (nSPS) is 10.1. The first-order valence-electron chi connectivity index (χ1n) is 5.05. The van der Waals surface area contributed by atoms with Gasteiger partial charge >= 0.3 is 11.9 Å². The summed E-state index contributed by atoms with van der Waals surface area (Å²) in [4.78, 5) is 22.8. The summed E-state index contributed by atoms with van der Waals surface area (Å²) in [6.07, 6.45) is -0.531. The van der Waals surface area contributed by atoms with Gasteiger partial charge in [-0.05, 0) is 27.7 Å². The van der Waals surface area contributed by atoms with Gasteiger partial charge in [-0.15, -0.1) is 0 Å². The summed E-state index contributed by atoms with van der Waals surface area (Å²) in [6.45, 7) is 13.8. The van der Waals surface area contributed by atoms with Crippen molar-refractivity contribution < 1.29 is 19.1 Å². The minimum atomic E-state index is -0.652.